The standard InChI is InChI=1S/C11H17NO4S/c1-11-6-7(11)2-5-9(11)10(13)16-12-17(14,15)8-3-4-8/h7-9,12H,2-6H2,1H3. The lowest BCUT2D eigenvalue weighted by molar-refractivity contribution is -0.154. The fraction of sp³-hybridized carbons (Fsp3) is 0.909. The summed E-state index contributed by atoms with van der Waals surface area (Å²) in [6.07, 6.45) is 4.28. The van der Waals surface area contributed by atoms with Gasteiger partial charge < -0.3 is 4.84 Å². The summed E-state index contributed by atoms with van der Waals surface area (Å²) in [6, 6.07) is 0. The maximum Gasteiger partial charge on any atom is 0.329 e. The van der Waals surface area contributed by atoms with Crippen LogP contribution in [0.25, 0.3) is 0 Å². The molecular formula is C11H17NO4S. The molecule has 3 saturated carbocycles. The van der Waals surface area contributed by atoms with Crippen molar-refractivity contribution in [2.24, 2.45) is 17.3 Å². The van der Waals surface area contributed by atoms with Crippen LogP contribution in [-0.4, -0.2) is 19.6 Å². The molecule has 6 heteroatoms. The molecule has 17 heavy (non-hydrogen) atoms. The number of nitrogens with one attached hydrogen (secondary N) is 1. The van der Waals surface area contributed by atoms with E-state index < -0.39 is 16.0 Å². The summed E-state index contributed by atoms with van der Waals surface area (Å²) in [6.45, 7) is 2.09. The van der Waals surface area contributed by atoms with E-state index in [1.165, 1.54) is 0 Å². The monoisotopic (exact) mass is 259 g/mol. The second-order valence-electron chi connectivity index (χ2n) is 5.79. The first-order chi connectivity index (χ1) is 7.93. The van der Waals surface area contributed by atoms with Crippen LogP contribution in [0, 0.1) is 17.3 Å². The van der Waals surface area contributed by atoms with Crippen LogP contribution < -0.4 is 4.89 Å². The summed E-state index contributed by atoms with van der Waals surface area (Å²) in [5, 5.41) is -0.358. The summed E-state index contributed by atoms with van der Waals surface area (Å²) >= 11 is 0. The molecule has 3 aliphatic rings. The molecular weight excluding hydrogens is 242 g/mol. The number of sulfonamides is 1. The van der Waals surface area contributed by atoms with E-state index in [0.717, 1.165) is 19.3 Å². The summed E-state index contributed by atoms with van der Waals surface area (Å²) in [4.78, 5) is 18.6. The second kappa shape index (κ2) is 3.45. The number of carbonyl (C=O) groups excluding carboxylic acids is 1. The number of hydrogen-bond acceptors (Lipinski definition) is 4. The third kappa shape index (κ3) is 1.87. The van der Waals surface area contributed by atoms with Gasteiger partial charge in [0.2, 0.25) is 10.0 Å². The van der Waals surface area contributed by atoms with Gasteiger partial charge in [-0.2, -0.15) is 0 Å². The lowest BCUT2D eigenvalue weighted by Crippen LogP contribution is -2.34. The number of carbonyl (C=O) groups is 1. The minimum absolute atomic E-state index is 0.0715. The quantitative estimate of drug-likeness (QED) is 0.763. The Morgan fingerprint density at radius 3 is 2.47 bits per heavy atom. The predicted octanol–water partition coefficient (Wildman–Crippen LogP) is 0.963. The van der Waals surface area contributed by atoms with Crippen LogP contribution in [0.5, 0.6) is 0 Å². The Bertz CT molecular complexity index is 454. The fourth-order valence-electron chi connectivity index (χ4n) is 3.03. The first-order valence-corrected chi connectivity index (χ1v) is 7.69. The largest absolute Gasteiger partial charge is 0.356 e. The van der Waals surface area contributed by atoms with Crippen LogP contribution >= 0.6 is 0 Å². The van der Waals surface area contributed by atoms with Gasteiger partial charge in [0.25, 0.3) is 0 Å². The van der Waals surface area contributed by atoms with Gasteiger partial charge in [-0.3, -0.25) is 0 Å². The van der Waals surface area contributed by atoms with Crippen molar-refractivity contribution in [1.29, 1.82) is 0 Å². The lowest BCUT2D eigenvalue weighted by Gasteiger charge is -2.17. The van der Waals surface area contributed by atoms with Crippen LogP contribution in [0.1, 0.15) is 39.0 Å². The Balaban J connectivity index is 1.57. The Kier molecular flexibility index (Phi) is 2.32. The maximum absolute atomic E-state index is 11.8. The van der Waals surface area contributed by atoms with Crippen molar-refractivity contribution < 1.29 is 18.0 Å². The highest BCUT2D eigenvalue weighted by Gasteiger charge is 2.62. The predicted molar refractivity (Wildman–Crippen MR) is 60.1 cm³/mol. The van der Waals surface area contributed by atoms with E-state index in [-0.39, 0.29) is 16.6 Å². The first kappa shape index (κ1) is 11.5. The van der Waals surface area contributed by atoms with Gasteiger partial charge in [0, 0.05) is 0 Å². The van der Waals surface area contributed by atoms with E-state index in [1.54, 1.807) is 0 Å². The third-order valence-corrected chi connectivity index (χ3v) is 6.23. The van der Waals surface area contributed by atoms with E-state index in [0.29, 0.717) is 18.8 Å². The zero-order valence-corrected chi connectivity index (χ0v) is 10.6. The summed E-state index contributed by atoms with van der Waals surface area (Å²) < 4.78 is 23.0. The Labute approximate surface area is 101 Å². The van der Waals surface area contributed by atoms with Crippen LogP contribution in [0.2, 0.25) is 0 Å². The van der Waals surface area contributed by atoms with Gasteiger partial charge in [-0.1, -0.05) is 6.92 Å². The van der Waals surface area contributed by atoms with Crippen LogP contribution in [0.3, 0.4) is 0 Å². The fourth-order valence-corrected chi connectivity index (χ4v) is 4.12. The first-order valence-electron chi connectivity index (χ1n) is 6.15. The molecule has 0 spiro atoms. The van der Waals surface area contributed by atoms with Crippen LogP contribution in [0.4, 0.5) is 0 Å². The van der Waals surface area contributed by atoms with Crippen molar-refractivity contribution in [3.05, 3.63) is 0 Å². The molecule has 0 bridgehead atoms. The molecule has 96 valence electrons. The Hall–Kier alpha value is -0.620. The highest BCUT2D eigenvalue weighted by atomic mass is 32.2. The molecule has 3 aliphatic carbocycles. The van der Waals surface area contributed by atoms with E-state index in [4.69, 9.17) is 4.84 Å². The minimum Gasteiger partial charge on any atom is -0.356 e. The van der Waals surface area contributed by atoms with Crippen molar-refractivity contribution in [3.8, 4) is 0 Å². The van der Waals surface area contributed by atoms with Crippen molar-refractivity contribution in [1.82, 2.24) is 4.89 Å². The van der Waals surface area contributed by atoms with Crippen molar-refractivity contribution >= 4 is 16.0 Å². The average Bonchev–Trinajstić information content (AvgIpc) is 3.15. The van der Waals surface area contributed by atoms with E-state index in [9.17, 15) is 13.2 Å². The van der Waals surface area contributed by atoms with Crippen LogP contribution in [0.15, 0.2) is 0 Å². The molecule has 1 N–H and O–H groups in total. The molecule has 5 nitrogen and oxygen atoms in total. The SMILES string of the molecule is CC12CC1CCC2C(=O)ONS(=O)(=O)C1CC1. The highest BCUT2D eigenvalue weighted by Crippen LogP contribution is 2.66. The molecule has 3 fully saturated rings. The molecule has 0 amide bonds. The van der Waals surface area contributed by atoms with Crippen LogP contribution in [-0.2, 0) is 19.7 Å². The molecule has 0 aromatic rings. The molecule has 0 aromatic heterocycles. The zero-order valence-electron chi connectivity index (χ0n) is 9.81. The van der Waals surface area contributed by atoms with Gasteiger partial charge in [0.05, 0.1) is 11.2 Å². The molecule has 3 unspecified atom stereocenters. The number of rotatable bonds is 4. The van der Waals surface area contributed by atoms with Gasteiger partial charge in [0.1, 0.15) is 0 Å². The summed E-state index contributed by atoms with van der Waals surface area (Å²) in [7, 11) is -3.43. The van der Waals surface area contributed by atoms with E-state index in [1.807, 2.05) is 4.89 Å². The van der Waals surface area contributed by atoms with Gasteiger partial charge in [0.15, 0.2) is 0 Å². The van der Waals surface area contributed by atoms with E-state index in [2.05, 4.69) is 6.92 Å². The highest BCUT2D eigenvalue weighted by molar-refractivity contribution is 7.90. The smallest absolute Gasteiger partial charge is 0.329 e. The van der Waals surface area contributed by atoms with Gasteiger partial charge in [-0.05, 0) is 48.3 Å². The molecule has 3 rings (SSSR count). The minimum atomic E-state index is -3.43. The summed E-state index contributed by atoms with van der Waals surface area (Å²) in [5.74, 6) is 0.103. The molecule has 0 aliphatic heterocycles. The van der Waals surface area contributed by atoms with Crippen molar-refractivity contribution in [3.63, 3.8) is 0 Å². The lowest BCUT2D eigenvalue weighted by atomic mass is 9.92. The molecule has 0 heterocycles. The number of hydrogen-bond donors (Lipinski definition) is 1. The van der Waals surface area contributed by atoms with Gasteiger partial charge >= 0.3 is 5.97 Å². The average molecular weight is 259 g/mol. The summed E-state index contributed by atoms with van der Waals surface area (Å²) in [5.41, 5.74) is 0.0715. The second-order valence-corrected chi connectivity index (χ2v) is 7.71. The van der Waals surface area contributed by atoms with Crippen molar-refractivity contribution in [2.75, 3.05) is 0 Å². The Morgan fingerprint density at radius 1 is 1.29 bits per heavy atom. The molecule has 3 atom stereocenters. The van der Waals surface area contributed by atoms with Gasteiger partial charge in [-0.15, -0.1) is 0 Å². The molecule has 0 saturated heterocycles. The van der Waals surface area contributed by atoms with E-state index >= 15 is 0 Å². The normalized spacial score (nSPS) is 39.8. The zero-order chi connectivity index (χ0) is 12.3. The van der Waals surface area contributed by atoms with Crippen molar-refractivity contribution in [2.45, 2.75) is 44.3 Å². The maximum atomic E-state index is 11.8. The Morgan fingerprint density at radius 2 is 2.00 bits per heavy atom. The molecule has 0 radical (unpaired) electrons. The topological polar surface area (TPSA) is 72.5 Å². The number of fused-ring (bicyclic) bond motifs is 1. The third-order valence-electron chi connectivity index (χ3n) is 4.56. The molecule has 0 aromatic carbocycles. The van der Waals surface area contributed by atoms with Gasteiger partial charge in [-0.25, -0.2) is 13.2 Å².